The Morgan fingerprint density at radius 2 is 1.67 bits per heavy atom. The molecule has 0 radical (unpaired) electrons. The zero-order chi connectivity index (χ0) is 15.1. The minimum absolute atomic E-state index is 0.623. The first-order valence-electron chi connectivity index (χ1n) is 7.54. The second kappa shape index (κ2) is 7.84. The van der Waals surface area contributed by atoms with Crippen LogP contribution >= 0.6 is 0 Å². The third-order valence-electron chi connectivity index (χ3n) is 3.41. The molecule has 0 aliphatic rings. The number of hydrogen-bond acceptors (Lipinski definition) is 2. The average Bonchev–Trinajstić information content (AvgIpc) is 2.46. The molecule has 0 N–H and O–H groups in total. The molecule has 0 saturated heterocycles. The molecule has 0 spiro atoms. The fourth-order valence-electron chi connectivity index (χ4n) is 2.59. The third kappa shape index (κ3) is 5.60. The lowest BCUT2D eigenvalue weighted by Crippen LogP contribution is -2.21. The zero-order valence-electron chi connectivity index (χ0n) is 13.3. The highest BCUT2D eigenvalue weighted by molar-refractivity contribution is 5.29. The number of benzene rings is 2. The number of rotatable bonds is 7. The standard InChI is InChI=1S/C19H25NO/c1-16(14-20(2)3)12-18-10-7-11-19(13-18)21-15-17-8-5-4-6-9-17/h4-11,13,16H,12,14-15H2,1-3H3. The van der Waals surface area contributed by atoms with Gasteiger partial charge in [0.05, 0.1) is 0 Å². The van der Waals surface area contributed by atoms with Gasteiger partial charge in [0.25, 0.3) is 0 Å². The van der Waals surface area contributed by atoms with E-state index in [1.807, 2.05) is 24.3 Å². The largest absolute Gasteiger partial charge is 0.489 e. The molecule has 1 unspecified atom stereocenters. The molecule has 2 rings (SSSR count). The topological polar surface area (TPSA) is 12.5 Å². The van der Waals surface area contributed by atoms with Gasteiger partial charge in [0.15, 0.2) is 0 Å². The van der Waals surface area contributed by atoms with Crippen LogP contribution in [-0.4, -0.2) is 25.5 Å². The van der Waals surface area contributed by atoms with Crippen molar-refractivity contribution >= 4 is 0 Å². The average molecular weight is 283 g/mol. The Hall–Kier alpha value is -1.80. The lowest BCUT2D eigenvalue weighted by atomic mass is 10.0. The zero-order valence-corrected chi connectivity index (χ0v) is 13.3. The van der Waals surface area contributed by atoms with Crippen molar-refractivity contribution in [3.8, 4) is 5.75 Å². The van der Waals surface area contributed by atoms with Crippen LogP contribution in [0, 0.1) is 5.92 Å². The van der Waals surface area contributed by atoms with Gasteiger partial charge in [0, 0.05) is 6.54 Å². The summed E-state index contributed by atoms with van der Waals surface area (Å²) in [6, 6.07) is 18.7. The van der Waals surface area contributed by atoms with Crippen molar-refractivity contribution in [2.24, 2.45) is 5.92 Å². The van der Waals surface area contributed by atoms with Crippen molar-refractivity contribution in [1.29, 1.82) is 0 Å². The van der Waals surface area contributed by atoms with Crippen molar-refractivity contribution in [2.75, 3.05) is 20.6 Å². The molecule has 0 heterocycles. The van der Waals surface area contributed by atoms with Crippen LogP contribution in [0.1, 0.15) is 18.1 Å². The molecule has 1 atom stereocenters. The molecule has 0 saturated carbocycles. The molecule has 2 aromatic carbocycles. The molecular weight excluding hydrogens is 258 g/mol. The number of nitrogens with zero attached hydrogens (tertiary/aromatic N) is 1. The predicted octanol–water partition coefficient (Wildman–Crippen LogP) is 4.01. The van der Waals surface area contributed by atoms with Crippen LogP contribution in [0.4, 0.5) is 0 Å². The van der Waals surface area contributed by atoms with Crippen molar-refractivity contribution in [3.05, 3.63) is 65.7 Å². The van der Waals surface area contributed by atoms with E-state index >= 15 is 0 Å². The first-order valence-corrected chi connectivity index (χ1v) is 7.54. The molecule has 21 heavy (non-hydrogen) atoms. The van der Waals surface area contributed by atoms with Crippen LogP contribution in [0.3, 0.4) is 0 Å². The monoisotopic (exact) mass is 283 g/mol. The van der Waals surface area contributed by atoms with Gasteiger partial charge in [-0.3, -0.25) is 0 Å². The molecular formula is C19H25NO. The number of hydrogen-bond donors (Lipinski definition) is 0. The Morgan fingerprint density at radius 1 is 0.952 bits per heavy atom. The molecule has 0 aliphatic carbocycles. The summed E-state index contributed by atoms with van der Waals surface area (Å²) in [6.07, 6.45) is 1.08. The van der Waals surface area contributed by atoms with Gasteiger partial charge in [-0.15, -0.1) is 0 Å². The summed E-state index contributed by atoms with van der Waals surface area (Å²) in [4.78, 5) is 2.24. The summed E-state index contributed by atoms with van der Waals surface area (Å²) in [6.45, 7) is 4.02. The molecule has 0 aliphatic heterocycles. The van der Waals surface area contributed by atoms with E-state index in [0.29, 0.717) is 12.5 Å². The summed E-state index contributed by atoms with van der Waals surface area (Å²) >= 11 is 0. The highest BCUT2D eigenvalue weighted by Crippen LogP contribution is 2.18. The summed E-state index contributed by atoms with van der Waals surface area (Å²) in [5.41, 5.74) is 2.54. The van der Waals surface area contributed by atoms with E-state index in [9.17, 15) is 0 Å². The van der Waals surface area contributed by atoms with Gasteiger partial charge in [-0.25, -0.2) is 0 Å². The lowest BCUT2D eigenvalue weighted by Gasteiger charge is -2.17. The molecule has 112 valence electrons. The molecule has 0 amide bonds. The fraction of sp³-hybridized carbons (Fsp3) is 0.368. The van der Waals surface area contributed by atoms with Crippen molar-refractivity contribution in [2.45, 2.75) is 20.0 Å². The van der Waals surface area contributed by atoms with Crippen LogP contribution < -0.4 is 4.74 Å². The van der Waals surface area contributed by atoms with Gasteiger partial charge in [-0.1, -0.05) is 49.4 Å². The Labute approximate surface area is 128 Å². The summed E-state index contributed by atoms with van der Waals surface area (Å²) < 4.78 is 5.88. The van der Waals surface area contributed by atoms with Crippen LogP contribution in [0.25, 0.3) is 0 Å². The Morgan fingerprint density at radius 3 is 2.38 bits per heavy atom. The fourth-order valence-corrected chi connectivity index (χ4v) is 2.59. The SMILES string of the molecule is CC(Cc1cccc(OCc2ccccc2)c1)CN(C)C. The summed E-state index contributed by atoms with van der Waals surface area (Å²) in [5, 5.41) is 0. The van der Waals surface area contributed by atoms with Gasteiger partial charge in [0.1, 0.15) is 12.4 Å². The Balaban J connectivity index is 1.91. The first kappa shape index (κ1) is 15.6. The van der Waals surface area contributed by atoms with Crippen LogP contribution in [0.2, 0.25) is 0 Å². The van der Waals surface area contributed by atoms with Gasteiger partial charge >= 0.3 is 0 Å². The quantitative estimate of drug-likeness (QED) is 0.761. The van der Waals surface area contributed by atoms with Gasteiger partial charge in [-0.2, -0.15) is 0 Å². The van der Waals surface area contributed by atoms with E-state index < -0.39 is 0 Å². The third-order valence-corrected chi connectivity index (χ3v) is 3.41. The summed E-state index contributed by atoms with van der Waals surface area (Å²) in [5.74, 6) is 1.60. The van der Waals surface area contributed by atoms with E-state index in [0.717, 1.165) is 18.7 Å². The highest BCUT2D eigenvalue weighted by Gasteiger charge is 2.06. The smallest absolute Gasteiger partial charge is 0.120 e. The molecule has 2 aromatic rings. The Kier molecular flexibility index (Phi) is 5.82. The van der Waals surface area contributed by atoms with E-state index in [1.54, 1.807) is 0 Å². The van der Waals surface area contributed by atoms with Crippen molar-refractivity contribution in [3.63, 3.8) is 0 Å². The second-order valence-electron chi connectivity index (χ2n) is 5.99. The normalized spacial score (nSPS) is 12.4. The lowest BCUT2D eigenvalue weighted by molar-refractivity contribution is 0.305. The maximum Gasteiger partial charge on any atom is 0.120 e. The van der Waals surface area contributed by atoms with Crippen LogP contribution in [0.5, 0.6) is 5.75 Å². The van der Waals surface area contributed by atoms with Gasteiger partial charge in [-0.05, 0) is 49.7 Å². The van der Waals surface area contributed by atoms with E-state index in [4.69, 9.17) is 4.74 Å². The second-order valence-corrected chi connectivity index (χ2v) is 5.99. The maximum atomic E-state index is 5.88. The van der Waals surface area contributed by atoms with Gasteiger partial charge < -0.3 is 9.64 Å². The van der Waals surface area contributed by atoms with Gasteiger partial charge in [0.2, 0.25) is 0 Å². The number of ether oxygens (including phenoxy) is 1. The molecule has 2 nitrogen and oxygen atoms in total. The van der Waals surface area contributed by atoms with Crippen molar-refractivity contribution in [1.82, 2.24) is 4.90 Å². The maximum absolute atomic E-state index is 5.88. The Bertz CT molecular complexity index is 536. The molecule has 2 heteroatoms. The van der Waals surface area contributed by atoms with E-state index in [2.05, 4.69) is 56.3 Å². The van der Waals surface area contributed by atoms with E-state index in [1.165, 1.54) is 11.1 Å². The summed E-state index contributed by atoms with van der Waals surface area (Å²) in [7, 11) is 4.24. The molecule has 0 aromatic heterocycles. The minimum Gasteiger partial charge on any atom is -0.489 e. The van der Waals surface area contributed by atoms with Crippen LogP contribution in [0.15, 0.2) is 54.6 Å². The minimum atomic E-state index is 0.623. The first-order chi connectivity index (χ1) is 10.1. The van der Waals surface area contributed by atoms with Crippen molar-refractivity contribution < 1.29 is 4.74 Å². The molecule has 0 fully saturated rings. The van der Waals surface area contributed by atoms with Crippen LogP contribution in [-0.2, 0) is 13.0 Å². The predicted molar refractivity (Wildman–Crippen MR) is 88.6 cm³/mol. The molecule has 0 bridgehead atoms. The van der Waals surface area contributed by atoms with E-state index in [-0.39, 0.29) is 0 Å². The highest BCUT2D eigenvalue weighted by atomic mass is 16.5.